The molecule has 8 heteroatoms. The smallest absolute Gasteiger partial charge is 0.260 e. The molecule has 2 N–H and O–H groups in total. The SMILES string of the molecule is CCc1c(C)nc2n(c1=O)[C@@H](c1ccccn1)N=C(Nc1ccc(F)cc1)N2. The third kappa shape index (κ3) is 3.24. The Hall–Kier alpha value is -3.55. The number of guanidine groups is 1. The van der Waals surface area contributed by atoms with Crippen LogP contribution in [0.15, 0.2) is 58.4 Å². The predicted octanol–water partition coefficient (Wildman–Crippen LogP) is 3.09. The maximum absolute atomic E-state index is 13.2. The minimum atomic E-state index is -0.661. The molecule has 0 unspecified atom stereocenters. The van der Waals surface area contributed by atoms with Crippen LogP contribution in [-0.2, 0) is 6.42 Å². The first-order valence-corrected chi connectivity index (χ1v) is 8.97. The zero-order chi connectivity index (χ0) is 19.7. The lowest BCUT2D eigenvalue weighted by Crippen LogP contribution is -2.39. The summed E-state index contributed by atoms with van der Waals surface area (Å²) in [6.45, 7) is 3.74. The Morgan fingerprint density at radius 1 is 1.21 bits per heavy atom. The van der Waals surface area contributed by atoms with E-state index in [0.29, 0.717) is 41.0 Å². The average molecular weight is 378 g/mol. The summed E-state index contributed by atoms with van der Waals surface area (Å²) in [6.07, 6.45) is 1.58. The molecule has 0 saturated carbocycles. The minimum Gasteiger partial charge on any atom is -0.326 e. The fourth-order valence-electron chi connectivity index (χ4n) is 3.18. The zero-order valence-corrected chi connectivity index (χ0v) is 15.5. The Bertz CT molecular complexity index is 1090. The average Bonchev–Trinajstić information content (AvgIpc) is 2.70. The molecule has 4 rings (SSSR count). The van der Waals surface area contributed by atoms with E-state index in [9.17, 15) is 9.18 Å². The lowest BCUT2D eigenvalue weighted by molar-refractivity contribution is 0.557. The Morgan fingerprint density at radius 2 is 2.00 bits per heavy atom. The van der Waals surface area contributed by atoms with Gasteiger partial charge in [-0.15, -0.1) is 0 Å². The highest BCUT2D eigenvalue weighted by molar-refractivity contribution is 6.03. The van der Waals surface area contributed by atoms with Crippen molar-refractivity contribution in [2.75, 3.05) is 10.6 Å². The first-order valence-electron chi connectivity index (χ1n) is 8.97. The Balaban J connectivity index is 1.82. The molecule has 142 valence electrons. The van der Waals surface area contributed by atoms with Crippen molar-refractivity contribution in [2.45, 2.75) is 26.4 Å². The molecule has 0 radical (unpaired) electrons. The van der Waals surface area contributed by atoms with Crippen molar-refractivity contribution >= 4 is 17.6 Å². The highest BCUT2D eigenvalue weighted by Crippen LogP contribution is 2.25. The molecule has 1 atom stereocenters. The maximum Gasteiger partial charge on any atom is 0.260 e. The first-order chi connectivity index (χ1) is 13.6. The monoisotopic (exact) mass is 378 g/mol. The number of aryl methyl sites for hydroxylation is 1. The summed E-state index contributed by atoms with van der Waals surface area (Å²) in [5.41, 5.74) is 2.46. The van der Waals surface area contributed by atoms with E-state index in [0.717, 1.165) is 0 Å². The molecule has 2 aromatic heterocycles. The van der Waals surface area contributed by atoms with Crippen LogP contribution in [0.1, 0.15) is 30.0 Å². The van der Waals surface area contributed by atoms with Crippen molar-refractivity contribution in [2.24, 2.45) is 4.99 Å². The van der Waals surface area contributed by atoms with Crippen LogP contribution in [0.2, 0.25) is 0 Å². The number of pyridine rings is 1. The van der Waals surface area contributed by atoms with Gasteiger partial charge in [0.05, 0.1) is 5.69 Å². The van der Waals surface area contributed by atoms with Gasteiger partial charge in [0.15, 0.2) is 6.17 Å². The summed E-state index contributed by atoms with van der Waals surface area (Å²) in [5, 5.41) is 6.17. The molecule has 3 aromatic rings. The summed E-state index contributed by atoms with van der Waals surface area (Å²) in [6, 6.07) is 11.4. The molecule has 28 heavy (non-hydrogen) atoms. The molecule has 7 nitrogen and oxygen atoms in total. The second kappa shape index (κ2) is 7.22. The number of anilines is 2. The number of aliphatic imine (C=N–C) groups is 1. The molecular formula is C20H19FN6O. The van der Waals surface area contributed by atoms with Crippen LogP contribution in [0.5, 0.6) is 0 Å². The van der Waals surface area contributed by atoms with Gasteiger partial charge in [-0.25, -0.2) is 18.9 Å². The number of hydrogen-bond donors (Lipinski definition) is 2. The molecule has 3 heterocycles. The summed E-state index contributed by atoms with van der Waals surface area (Å²) < 4.78 is 14.7. The van der Waals surface area contributed by atoms with E-state index in [1.807, 2.05) is 26.0 Å². The van der Waals surface area contributed by atoms with E-state index in [1.54, 1.807) is 24.4 Å². The second-order valence-electron chi connectivity index (χ2n) is 6.39. The fourth-order valence-corrected chi connectivity index (χ4v) is 3.18. The van der Waals surface area contributed by atoms with Gasteiger partial charge in [0, 0.05) is 23.1 Å². The predicted molar refractivity (Wildman–Crippen MR) is 106 cm³/mol. The fraction of sp³-hybridized carbons (Fsp3) is 0.200. The number of hydrogen-bond acceptors (Lipinski definition) is 6. The van der Waals surface area contributed by atoms with Crippen molar-refractivity contribution in [1.29, 1.82) is 0 Å². The van der Waals surface area contributed by atoms with E-state index < -0.39 is 6.17 Å². The number of fused-ring (bicyclic) bond motifs is 1. The van der Waals surface area contributed by atoms with E-state index in [4.69, 9.17) is 0 Å². The van der Waals surface area contributed by atoms with Gasteiger partial charge < -0.3 is 5.32 Å². The van der Waals surface area contributed by atoms with Gasteiger partial charge in [0.25, 0.3) is 5.56 Å². The van der Waals surface area contributed by atoms with E-state index >= 15 is 0 Å². The number of rotatable bonds is 3. The molecule has 1 aliphatic rings. The minimum absolute atomic E-state index is 0.141. The van der Waals surface area contributed by atoms with Crippen LogP contribution in [0.4, 0.5) is 16.0 Å². The van der Waals surface area contributed by atoms with Crippen LogP contribution in [-0.4, -0.2) is 20.5 Å². The van der Waals surface area contributed by atoms with Crippen LogP contribution >= 0.6 is 0 Å². The topological polar surface area (TPSA) is 84.2 Å². The third-order valence-electron chi connectivity index (χ3n) is 4.55. The Kier molecular flexibility index (Phi) is 4.60. The van der Waals surface area contributed by atoms with Gasteiger partial charge >= 0.3 is 0 Å². The maximum atomic E-state index is 13.2. The van der Waals surface area contributed by atoms with Gasteiger partial charge in [-0.3, -0.25) is 15.1 Å². The quantitative estimate of drug-likeness (QED) is 0.732. The van der Waals surface area contributed by atoms with Crippen molar-refractivity contribution in [3.8, 4) is 0 Å². The molecular weight excluding hydrogens is 359 g/mol. The Labute approximate surface area is 161 Å². The van der Waals surface area contributed by atoms with Crippen LogP contribution in [0, 0.1) is 12.7 Å². The van der Waals surface area contributed by atoms with Crippen molar-refractivity contribution in [3.05, 3.63) is 81.8 Å². The lowest BCUT2D eigenvalue weighted by atomic mass is 10.2. The van der Waals surface area contributed by atoms with Gasteiger partial charge in [-0.05, 0) is 49.7 Å². The normalized spacial score (nSPS) is 15.4. The molecule has 0 bridgehead atoms. The van der Waals surface area contributed by atoms with Gasteiger partial charge in [-0.2, -0.15) is 0 Å². The highest BCUT2D eigenvalue weighted by Gasteiger charge is 2.27. The van der Waals surface area contributed by atoms with Gasteiger partial charge in [0.1, 0.15) is 5.82 Å². The van der Waals surface area contributed by atoms with E-state index in [-0.39, 0.29) is 11.4 Å². The molecule has 0 spiro atoms. The number of aromatic nitrogens is 3. The number of halogens is 1. The largest absolute Gasteiger partial charge is 0.326 e. The van der Waals surface area contributed by atoms with Crippen LogP contribution < -0.4 is 16.2 Å². The summed E-state index contributed by atoms with van der Waals surface area (Å²) in [4.78, 5) is 26.7. The third-order valence-corrected chi connectivity index (χ3v) is 4.55. The molecule has 1 aliphatic heterocycles. The first kappa shape index (κ1) is 17.8. The summed E-state index contributed by atoms with van der Waals surface area (Å²) in [7, 11) is 0. The molecule has 0 fully saturated rings. The highest BCUT2D eigenvalue weighted by atomic mass is 19.1. The van der Waals surface area contributed by atoms with Crippen molar-refractivity contribution in [3.63, 3.8) is 0 Å². The molecule has 0 saturated heterocycles. The number of nitrogens with one attached hydrogen (secondary N) is 2. The summed E-state index contributed by atoms with van der Waals surface area (Å²) >= 11 is 0. The van der Waals surface area contributed by atoms with E-state index in [1.165, 1.54) is 16.7 Å². The number of nitrogens with zero attached hydrogens (tertiary/aromatic N) is 4. The van der Waals surface area contributed by atoms with Crippen LogP contribution in [0.25, 0.3) is 0 Å². The van der Waals surface area contributed by atoms with Crippen molar-refractivity contribution < 1.29 is 4.39 Å². The Morgan fingerprint density at radius 3 is 2.68 bits per heavy atom. The second-order valence-corrected chi connectivity index (χ2v) is 6.39. The van der Waals surface area contributed by atoms with Gasteiger partial charge in [0.2, 0.25) is 11.9 Å². The summed E-state index contributed by atoms with van der Waals surface area (Å²) in [5.74, 6) is 0.463. The molecule has 1 aromatic carbocycles. The van der Waals surface area contributed by atoms with E-state index in [2.05, 4.69) is 25.6 Å². The van der Waals surface area contributed by atoms with Crippen LogP contribution in [0.3, 0.4) is 0 Å². The molecule has 0 amide bonds. The number of benzene rings is 1. The van der Waals surface area contributed by atoms with Gasteiger partial charge in [-0.1, -0.05) is 13.0 Å². The molecule has 0 aliphatic carbocycles. The zero-order valence-electron chi connectivity index (χ0n) is 15.5. The standard InChI is InChI=1S/C20H19FN6O/c1-3-15-12(2)23-20-26-19(24-14-9-7-13(21)8-10-14)25-17(27(20)18(15)28)16-6-4-5-11-22-16/h4-11,17H,3H2,1-2H3,(H2,23,24,25,26)/t17-/m0/s1. The van der Waals surface area contributed by atoms with Crippen molar-refractivity contribution in [1.82, 2.24) is 14.5 Å². The lowest BCUT2D eigenvalue weighted by Gasteiger charge is -2.27.